The van der Waals surface area contributed by atoms with Crippen LogP contribution < -0.4 is 11.1 Å². The summed E-state index contributed by atoms with van der Waals surface area (Å²) in [6.45, 7) is 5.11. The molecule has 0 aromatic carbocycles. The maximum atomic E-state index is 11.9. The molecule has 0 aliphatic carbocycles. The fourth-order valence-corrected chi connectivity index (χ4v) is 2.98. The van der Waals surface area contributed by atoms with E-state index in [2.05, 4.69) is 10.5 Å². The molecule has 2 rings (SSSR count). The molecule has 1 aromatic heterocycles. The fraction of sp³-hybridized carbons (Fsp3) is 0.667. The van der Waals surface area contributed by atoms with Gasteiger partial charge in [-0.05, 0) is 46.5 Å². The van der Waals surface area contributed by atoms with Crippen molar-refractivity contribution in [3.8, 4) is 0 Å². The molecule has 1 aliphatic rings. The molecular weight excluding hydrogens is 354 g/mol. The molecule has 1 amide bonds. The van der Waals surface area contributed by atoms with Crippen LogP contribution in [0.5, 0.6) is 0 Å². The third-order valence-corrected chi connectivity index (χ3v) is 4.19. The van der Waals surface area contributed by atoms with Crippen LogP contribution in [-0.2, 0) is 16.0 Å². The summed E-state index contributed by atoms with van der Waals surface area (Å²) in [4.78, 5) is 35.0. The maximum Gasteiger partial charge on any atom is 0.441 e. The highest BCUT2D eigenvalue weighted by Gasteiger charge is 2.24. The third kappa shape index (κ3) is 6.26. The van der Waals surface area contributed by atoms with Crippen molar-refractivity contribution in [2.75, 3.05) is 0 Å². The lowest BCUT2D eigenvalue weighted by Gasteiger charge is -2.21. The van der Waals surface area contributed by atoms with E-state index in [0.717, 1.165) is 19.3 Å². The molecule has 2 heterocycles. The molecule has 0 spiro atoms. The number of ether oxygens (including phenoxy) is 1. The van der Waals surface area contributed by atoms with E-state index in [1.165, 1.54) is 0 Å². The first-order chi connectivity index (χ1) is 12.7. The zero-order valence-corrected chi connectivity index (χ0v) is 15.9. The van der Waals surface area contributed by atoms with Crippen LogP contribution in [0.2, 0.25) is 0 Å². The van der Waals surface area contributed by atoms with Gasteiger partial charge in [-0.15, -0.1) is 0 Å². The number of nitrogens with one attached hydrogen (secondary N) is 1. The van der Waals surface area contributed by atoms with E-state index in [0.29, 0.717) is 18.7 Å². The summed E-state index contributed by atoms with van der Waals surface area (Å²) >= 11 is 0. The molecule has 1 aromatic rings. The van der Waals surface area contributed by atoms with Crippen molar-refractivity contribution in [2.24, 2.45) is 0 Å². The van der Waals surface area contributed by atoms with E-state index in [1.54, 1.807) is 31.4 Å². The number of alkyl carbamates (subject to hydrolysis) is 1. The van der Waals surface area contributed by atoms with Gasteiger partial charge >= 0.3 is 17.8 Å². The molecule has 0 fully saturated rings. The maximum absolute atomic E-state index is 11.9. The van der Waals surface area contributed by atoms with Crippen molar-refractivity contribution >= 4 is 12.1 Å². The number of carboxylic acid groups (broad SMARTS) is 1. The van der Waals surface area contributed by atoms with E-state index in [4.69, 9.17) is 9.26 Å². The van der Waals surface area contributed by atoms with Crippen LogP contribution in [0.25, 0.3) is 0 Å². The number of nitrogens with zero attached hydrogens (tertiary/aromatic N) is 2. The van der Waals surface area contributed by atoms with Crippen LogP contribution >= 0.6 is 0 Å². The van der Waals surface area contributed by atoms with Gasteiger partial charge in [0, 0.05) is 12.5 Å². The van der Waals surface area contributed by atoms with Gasteiger partial charge in [0.15, 0.2) is 5.82 Å². The standard InChI is InChI=1S/C18H27N3O6/c1-18(2,3)26-16(24)19-13(15(22)23)10-6-4-8-12-9-5-7-11-14-20-27-17(25)21(12)14/h4,6,12-13H,5,7-11H2,1-3H3,(H,19,24)(H,22,23)/b6-4-/t12?,13-/m0/s1. The summed E-state index contributed by atoms with van der Waals surface area (Å²) in [5, 5.41) is 15.4. The van der Waals surface area contributed by atoms with Crippen LogP contribution in [0.4, 0.5) is 4.79 Å². The van der Waals surface area contributed by atoms with Gasteiger partial charge in [-0.1, -0.05) is 23.7 Å². The number of aryl methyl sites for hydroxylation is 1. The number of allylic oxidation sites excluding steroid dienone is 1. The zero-order chi connectivity index (χ0) is 20.0. The predicted octanol–water partition coefficient (Wildman–Crippen LogP) is 2.42. The molecule has 27 heavy (non-hydrogen) atoms. The Hall–Kier alpha value is -2.58. The number of aromatic nitrogens is 2. The number of amides is 1. The first kappa shape index (κ1) is 20.7. The number of hydrogen-bond donors (Lipinski definition) is 2. The largest absolute Gasteiger partial charge is 0.480 e. The minimum Gasteiger partial charge on any atom is -0.480 e. The van der Waals surface area contributed by atoms with Crippen molar-refractivity contribution in [3.05, 3.63) is 28.5 Å². The summed E-state index contributed by atoms with van der Waals surface area (Å²) in [7, 11) is 0. The van der Waals surface area contributed by atoms with Crippen molar-refractivity contribution in [3.63, 3.8) is 0 Å². The topological polar surface area (TPSA) is 124 Å². The summed E-state index contributed by atoms with van der Waals surface area (Å²) in [5.74, 6) is -0.941. The number of fused-ring (bicyclic) bond motifs is 1. The number of rotatable bonds is 6. The SMILES string of the molecule is CC(C)(C)OC(=O)N[C@@H](C/C=C\CC1CCCCc2noc(=O)n21)C(=O)O. The summed E-state index contributed by atoms with van der Waals surface area (Å²) in [6, 6.07) is -1.14. The molecule has 2 atom stereocenters. The second-order valence-electron chi connectivity index (χ2n) is 7.61. The highest BCUT2D eigenvalue weighted by atomic mass is 16.6. The second-order valence-corrected chi connectivity index (χ2v) is 7.61. The Labute approximate surface area is 157 Å². The predicted molar refractivity (Wildman–Crippen MR) is 96.5 cm³/mol. The molecule has 0 bridgehead atoms. The van der Waals surface area contributed by atoms with Crippen LogP contribution in [0.1, 0.15) is 64.7 Å². The summed E-state index contributed by atoms with van der Waals surface area (Å²) in [6.07, 6.45) is 6.91. The van der Waals surface area contributed by atoms with Crippen LogP contribution in [0.15, 0.2) is 21.5 Å². The van der Waals surface area contributed by atoms with E-state index < -0.39 is 29.5 Å². The Kier molecular flexibility index (Phi) is 6.81. The molecule has 2 N–H and O–H groups in total. The van der Waals surface area contributed by atoms with Crippen molar-refractivity contribution in [2.45, 2.75) is 77.0 Å². The number of carbonyl (C=O) groups excluding carboxylic acids is 1. The molecular formula is C18H27N3O6. The highest BCUT2D eigenvalue weighted by Crippen LogP contribution is 2.24. The van der Waals surface area contributed by atoms with E-state index in [1.807, 2.05) is 6.08 Å². The minimum atomic E-state index is -1.14. The van der Waals surface area contributed by atoms with Crippen molar-refractivity contribution < 1.29 is 24.0 Å². The van der Waals surface area contributed by atoms with Gasteiger partial charge in [0.25, 0.3) is 0 Å². The van der Waals surface area contributed by atoms with Gasteiger partial charge in [0.2, 0.25) is 0 Å². The molecule has 150 valence electrons. The van der Waals surface area contributed by atoms with Gasteiger partial charge in [-0.25, -0.2) is 14.4 Å². The molecule has 1 aliphatic heterocycles. The van der Waals surface area contributed by atoms with Gasteiger partial charge in [-0.3, -0.25) is 9.09 Å². The normalized spacial score (nSPS) is 18.6. The Morgan fingerprint density at radius 2 is 2.15 bits per heavy atom. The van der Waals surface area contributed by atoms with Gasteiger partial charge < -0.3 is 15.2 Å². The number of carboxylic acids is 1. The fourth-order valence-electron chi connectivity index (χ4n) is 2.98. The molecule has 9 heteroatoms. The van der Waals surface area contributed by atoms with Crippen LogP contribution in [0.3, 0.4) is 0 Å². The van der Waals surface area contributed by atoms with E-state index >= 15 is 0 Å². The van der Waals surface area contributed by atoms with Gasteiger partial charge in [0.05, 0.1) is 0 Å². The van der Waals surface area contributed by atoms with Crippen LogP contribution in [0, 0.1) is 0 Å². The molecule has 0 radical (unpaired) electrons. The summed E-state index contributed by atoms with van der Waals surface area (Å²) in [5.41, 5.74) is -0.702. The van der Waals surface area contributed by atoms with Gasteiger partial charge in [0.1, 0.15) is 11.6 Å². The van der Waals surface area contributed by atoms with Crippen molar-refractivity contribution in [1.29, 1.82) is 0 Å². The molecule has 0 saturated carbocycles. The van der Waals surface area contributed by atoms with Crippen molar-refractivity contribution in [1.82, 2.24) is 15.0 Å². The number of carbonyl (C=O) groups is 2. The first-order valence-electron chi connectivity index (χ1n) is 9.12. The lowest BCUT2D eigenvalue weighted by atomic mass is 10.1. The van der Waals surface area contributed by atoms with E-state index in [9.17, 15) is 19.5 Å². The smallest absolute Gasteiger partial charge is 0.441 e. The first-order valence-corrected chi connectivity index (χ1v) is 9.12. The Balaban J connectivity index is 1.93. The summed E-state index contributed by atoms with van der Waals surface area (Å²) < 4.78 is 11.4. The average Bonchev–Trinajstić information content (AvgIpc) is 2.79. The lowest BCUT2D eigenvalue weighted by molar-refractivity contribution is -0.139. The third-order valence-electron chi connectivity index (χ3n) is 4.19. The minimum absolute atomic E-state index is 0.0559. The highest BCUT2D eigenvalue weighted by molar-refractivity contribution is 5.80. The second kappa shape index (κ2) is 8.88. The molecule has 9 nitrogen and oxygen atoms in total. The number of hydrogen-bond acceptors (Lipinski definition) is 6. The number of aliphatic carboxylic acids is 1. The average molecular weight is 381 g/mol. The Morgan fingerprint density at radius 1 is 1.41 bits per heavy atom. The monoisotopic (exact) mass is 381 g/mol. The van der Waals surface area contributed by atoms with Gasteiger partial charge in [-0.2, -0.15) is 0 Å². The lowest BCUT2D eigenvalue weighted by Crippen LogP contribution is -2.43. The molecule has 1 unspecified atom stereocenters. The Morgan fingerprint density at radius 3 is 2.81 bits per heavy atom. The molecule has 0 saturated heterocycles. The van der Waals surface area contributed by atoms with E-state index in [-0.39, 0.29) is 12.5 Å². The quantitative estimate of drug-likeness (QED) is 0.725. The zero-order valence-electron chi connectivity index (χ0n) is 15.9. The van der Waals surface area contributed by atoms with Crippen LogP contribution in [-0.4, -0.2) is 38.5 Å². The Bertz CT molecular complexity index is 743.